The molecule has 1 saturated heterocycles. The van der Waals surface area contributed by atoms with Crippen molar-refractivity contribution in [2.45, 2.75) is 46.2 Å². The van der Waals surface area contributed by atoms with E-state index in [1.54, 1.807) is 0 Å². The van der Waals surface area contributed by atoms with Gasteiger partial charge in [-0.25, -0.2) is 0 Å². The molecule has 0 aromatic carbocycles. The van der Waals surface area contributed by atoms with E-state index in [4.69, 9.17) is 5.73 Å². The highest BCUT2D eigenvalue weighted by Gasteiger charge is 2.40. The highest BCUT2D eigenvalue weighted by molar-refractivity contribution is 4.95. The van der Waals surface area contributed by atoms with Crippen LogP contribution in [-0.2, 0) is 0 Å². The van der Waals surface area contributed by atoms with E-state index < -0.39 is 0 Å². The third-order valence-electron chi connectivity index (χ3n) is 3.91. The smallest absolute Gasteiger partial charge is 0.0278 e. The summed E-state index contributed by atoms with van der Waals surface area (Å²) >= 11 is 0. The van der Waals surface area contributed by atoms with E-state index >= 15 is 0 Å². The Bertz CT molecular complexity index is 177. The second-order valence-electron chi connectivity index (χ2n) is 5.25. The first-order chi connectivity index (χ1) is 5.90. The van der Waals surface area contributed by atoms with Crippen molar-refractivity contribution in [1.29, 1.82) is 0 Å². The maximum absolute atomic E-state index is 5.80. The Morgan fingerprint density at radius 2 is 1.85 bits per heavy atom. The summed E-state index contributed by atoms with van der Waals surface area (Å²) in [7, 11) is 0. The van der Waals surface area contributed by atoms with Crippen molar-refractivity contribution < 1.29 is 0 Å². The fourth-order valence-corrected chi connectivity index (χ4v) is 2.32. The Morgan fingerprint density at radius 3 is 2.15 bits per heavy atom. The molecule has 0 bridgehead atoms. The fraction of sp³-hybridized carbons (Fsp3) is 1.00. The SMILES string of the molecule is CC1CN(C(C)(C)CN)C(C)C1C. The quantitative estimate of drug-likeness (QED) is 0.708. The van der Waals surface area contributed by atoms with Gasteiger partial charge in [0.05, 0.1) is 0 Å². The molecular weight excluding hydrogens is 160 g/mol. The molecule has 3 atom stereocenters. The van der Waals surface area contributed by atoms with Crippen molar-refractivity contribution in [3.8, 4) is 0 Å². The van der Waals surface area contributed by atoms with Gasteiger partial charge in [-0.1, -0.05) is 13.8 Å². The zero-order chi connectivity index (χ0) is 10.2. The van der Waals surface area contributed by atoms with E-state index in [1.165, 1.54) is 6.54 Å². The molecule has 0 aromatic rings. The van der Waals surface area contributed by atoms with Crippen molar-refractivity contribution >= 4 is 0 Å². The minimum atomic E-state index is 0.165. The Balaban J connectivity index is 2.73. The number of likely N-dealkylation sites (tertiary alicyclic amines) is 1. The summed E-state index contributed by atoms with van der Waals surface area (Å²) in [6, 6.07) is 0.675. The lowest BCUT2D eigenvalue weighted by molar-refractivity contribution is 0.110. The second kappa shape index (κ2) is 3.58. The molecule has 0 amide bonds. The summed E-state index contributed by atoms with van der Waals surface area (Å²) in [4.78, 5) is 2.56. The van der Waals surface area contributed by atoms with Gasteiger partial charge in [0.25, 0.3) is 0 Å². The normalized spacial score (nSPS) is 36.9. The van der Waals surface area contributed by atoms with Crippen LogP contribution >= 0.6 is 0 Å². The maximum Gasteiger partial charge on any atom is 0.0278 e. The minimum Gasteiger partial charge on any atom is -0.329 e. The van der Waals surface area contributed by atoms with Crippen LogP contribution in [0.15, 0.2) is 0 Å². The van der Waals surface area contributed by atoms with Crippen molar-refractivity contribution in [3.05, 3.63) is 0 Å². The van der Waals surface area contributed by atoms with Crippen LogP contribution in [0, 0.1) is 11.8 Å². The largest absolute Gasteiger partial charge is 0.329 e. The lowest BCUT2D eigenvalue weighted by atomic mass is 9.95. The lowest BCUT2D eigenvalue weighted by Crippen LogP contribution is -2.51. The highest BCUT2D eigenvalue weighted by atomic mass is 15.2. The molecule has 1 fully saturated rings. The molecule has 3 unspecified atom stereocenters. The predicted molar refractivity (Wildman–Crippen MR) is 57.6 cm³/mol. The van der Waals surface area contributed by atoms with Crippen molar-refractivity contribution in [1.82, 2.24) is 4.90 Å². The van der Waals surface area contributed by atoms with E-state index in [0.29, 0.717) is 6.04 Å². The van der Waals surface area contributed by atoms with Crippen molar-refractivity contribution in [2.24, 2.45) is 17.6 Å². The van der Waals surface area contributed by atoms with Gasteiger partial charge in [-0.05, 0) is 32.6 Å². The molecule has 1 aliphatic heterocycles. The molecule has 0 aromatic heterocycles. The average Bonchev–Trinajstić information content (AvgIpc) is 2.33. The third-order valence-corrected chi connectivity index (χ3v) is 3.91. The van der Waals surface area contributed by atoms with Crippen LogP contribution in [0.2, 0.25) is 0 Å². The van der Waals surface area contributed by atoms with Crippen LogP contribution < -0.4 is 5.73 Å². The molecule has 78 valence electrons. The van der Waals surface area contributed by atoms with Gasteiger partial charge < -0.3 is 5.73 Å². The molecule has 0 aliphatic carbocycles. The van der Waals surface area contributed by atoms with Crippen LogP contribution in [0.3, 0.4) is 0 Å². The van der Waals surface area contributed by atoms with E-state index in [1.807, 2.05) is 0 Å². The number of hydrogen-bond acceptors (Lipinski definition) is 2. The zero-order valence-electron chi connectivity index (χ0n) is 9.67. The first kappa shape index (κ1) is 11.0. The molecule has 1 rings (SSSR count). The first-order valence-corrected chi connectivity index (χ1v) is 5.37. The van der Waals surface area contributed by atoms with Gasteiger partial charge in [-0.3, -0.25) is 4.90 Å². The number of nitrogens with two attached hydrogens (primary N) is 1. The molecule has 0 spiro atoms. The predicted octanol–water partition coefficient (Wildman–Crippen LogP) is 1.70. The lowest BCUT2D eigenvalue weighted by Gasteiger charge is -2.38. The van der Waals surface area contributed by atoms with Gasteiger partial charge in [0.1, 0.15) is 0 Å². The van der Waals surface area contributed by atoms with Crippen molar-refractivity contribution in [2.75, 3.05) is 13.1 Å². The Morgan fingerprint density at radius 1 is 1.31 bits per heavy atom. The number of rotatable bonds is 2. The number of nitrogens with zero attached hydrogens (tertiary/aromatic N) is 1. The number of hydrogen-bond donors (Lipinski definition) is 1. The molecule has 1 heterocycles. The monoisotopic (exact) mass is 184 g/mol. The zero-order valence-corrected chi connectivity index (χ0v) is 9.67. The van der Waals surface area contributed by atoms with E-state index in [2.05, 4.69) is 39.5 Å². The van der Waals surface area contributed by atoms with E-state index in [9.17, 15) is 0 Å². The Kier molecular flexibility index (Phi) is 3.03. The van der Waals surface area contributed by atoms with Gasteiger partial charge in [-0.2, -0.15) is 0 Å². The van der Waals surface area contributed by atoms with E-state index in [0.717, 1.165) is 18.4 Å². The first-order valence-electron chi connectivity index (χ1n) is 5.37. The van der Waals surface area contributed by atoms with Crippen molar-refractivity contribution in [3.63, 3.8) is 0 Å². The van der Waals surface area contributed by atoms with Crippen LogP contribution in [0.1, 0.15) is 34.6 Å². The summed E-state index contributed by atoms with van der Waals surface area (Å²) < 4.78 is 0. The second-order valence-corrected chi connectivity index (χ2v) is 5.25. The Hall–Kier alpha value is -0.0800. The van der Waals surface area contributed by atoms with E-state index in [-0.39, 0.29) is 5.54 Å². The highest BCUT2D eigenvalue weighted by Crippen LogP contribution is 2.33. The molecule has 1 aliphatic rings. The summed E-state index contributed by atoms with van der Waals surface area (Å²) in [6.07, 6.45) is 0. The maximum atomic E-state index is 5.80. The van der Waals surface area contributed by atoms with Gasteiger partial charge >= 0.3 is 0 Å². The van der Waals surface area contributed by atoms with Gasteiger partial charge in [0, 0.05) is 24.7 Å². The molecule has 2 heteroatoms. The molecular formula is C11H24N2. The minimum absolute atomic E-state index is 0.165. The van der Waals surface area contributed by atoms with Gasteiger partial charge in [-0.15, -0.1) is 0 Å². The van der Waals surface area contributed by atoms with Gasteiger partial charge in [0.15, 0.2) is 0 Å². The summed E-state index contributed by atoms with van der Waals surface area (Å²) in [6.45, 7) is 13.5. The Labute approximate surface area is 82.5 Å². The standard InChI is InChI=1S/C11H24N2/c1-8-6-13(10(3)9(8)2)11(4,5)7-12/h8-10H,6-7,12H2,1-5H3. The molecule has 2 N–H and O–H groups in total. The average molecular weight is 184 g/mol. The van der Waals surface area contributed by atoms with Crippen LogP contribution in [0.5, 0.6) is 0 Å². The fourth-order valence-electron chi connectivity index (χ4n) is 2.32. The molecule has 2 nitrogen and oxygen atoms in total. The van der Waals surface area contributed by atoms with Crippen LogP contribution in [0.25, 0.3) is 0 Å². The molecule has 0 saturated carbocycles. The van der Waals surface area contributed by atoms with Crippen LogP contribution in [0.4, 0.5) is 0 Å². The molecule has 0 radical (unpaired) electrons. The summed E-state index contributed by atoms with van der Waals surface area (Å²) in [5.74, 6) is 1.60. The topological polar surface area (TPSA) is 29.3 Å². The summed E-state index contributed by atoms with van der Waals surface area (Å²) in [5.41, 5.74) is 5.96. The van der Waals surface area contributed by atoms with Crippen LogP contribution in [-0.4, -0.2) is 29.6 Å². The third kappa shape index (κ3) is 1.89. The molecule has 13 heavy (non-hydrogen) atoms. The summed E-state index contributed by atoms with van der Waals surface area (Å²) in [5, 5.41) is 0. The van der Waals surface area contributed by atoms with Gasteiger partial charge in [0.2, 0.25) is 0 Å².